The van der Waals surface area contributed by atoms with Gasteiger partial charge in [0.25, 0.3) is 0 Å². The Kier molecular flexibility index (Phi) is 6.44. The van der Waals surface area contributed by atoms with Crippen LogP contribution in [0, 0.1) is 17.2 Å². The monoisotopic (exact) mass is 349 g/mol. The molecule has 6 nitrogen and oxygen atoms in total. The molecule has 0 saturated carbocycles. The van der Waals surface area contributed by atoms with Crippen LogP contribution < -0.4 is 10.2 Å². The Bertz CT molecular complexity index is 649. The van der Waals surface area contributed by atoms with Crippen LogP contribution in [-0.4, -0.2) is 38.1 Å². The SMILES string of the molecule is CCOC(=O)CNC(=O)C1CCN(c2cc(Cl)ccc2C#N)CC1. The zero-order valence-corrected chi connectivity index (χ0v) is 14.3. The molecule has 0 atom stereocenters. The number of rotatable bonds is 5. The quantitative estimate of drug-likeness (QED) is 0.823. The first-order valence-corrected chi connectivity index (χ1v) is 8.31. The lowest BCUT2D eigenvalue weighted by Gasteiger charge is -2.33. The maximum Gasteiger partial charge on any atom is 0.325 e. The Morgan fingerprint density at radius 2 is 2.12 bits per heavy atom. The zero-order valence-electron chi connectivity index (χ0n) is 13.5. The molecule has 1 aliphatic heterocycles. The minimum atomic E-state index is -0.430. The van der Waals surface area contributed by atoms with E-state index in [4.69, 9.17) is 16.3 Å². The highest BCUT2D eigenvalue weighted by Gasteiger charge is 2.26. The highest BCUT2D eigenvalue weighted by Crippen LogP contribution is 2.28. The van der Waals surface area contributed by atoms with Gasteiger partial charge in [-0.3, -0.25) is 9.59 Å². The van der Waals surface area contributed by atoms with E-state index < -0.39 is 5.97 Å². The van der Waals surface area contributed by atoms with Gasteiger partial charge >= 0.3 is 5.97 Å². The van der Waals surface area contributed by atoms with Crippen LogP contribution in [0.15, 0.2) is 18.2 Å². The number of anilines is 1. The van der Waals surface area contributed by atoms with Crippen LogP contribution in [0.2, 0.25) is 5.02 Å². The molecular formula is C17H20ClN3O3. The second-order valence-electron chi connectivity index (χ2n) is 5.56. The molecule has 2 rings (SSSR count). The number of ether oxygens (including phenoxy) is 1. The van der Waals surface area contributed by atoms with Gasteiger partial charge in [-0.2, -0.15) is 5.26 Å². The lowest BCUT2D eigenvalue weighted by Crippen LogP contribution is -2.42. The van der Waals surface area contributed by atoms with Crippen LogP contribution in [0.5, 0.6) is 0 Å². The van der Waals surface area contributed by atoms with Crippen molar-refractivity contribution in [3.8, 4) is 6.07 Å². The van der Waals surface area contributed by atoms with Crippen molar-refractivity contribution in [1.82, 2.24) is 5.32 Å². The molecule has 0 unspecified atom stereocenters. The lowest BCUT2D eigenvalue weighted by molar-refractivity contribution is -0.143. The fourth-order valence-corrected chi connectivity index (χ4v) is 2.93. The lowest BCUT2D eigenvalue weighted by atomic mass is 9.95. The van der Waals surface area contributed by atoms with E-state index >= 15 is 0 Å². The largest absolute Gasteiger partial charge is 0.465 e. The molecule has 1 aromatic rings. The topological polar surface area (TPSA) is 82.4 Å². The second kappa shape index (κ2) is 8.55. The molecule has 0 bridgehead atoms. The van der Waals surface area contributed by atoms with Crippen molar-refractivity contribution in [2.24, 2.45) is 5.92 Å². The van der Waals surface area contributed by atoms with Gasteiger partial charge in [-0.15, -0.1) is 0 Å². The zero-order chi connectivity index (χ0) is 17.5. The first kappa shape index (κ1) is 18.1. The van der Waals surface area contributed by atoms with Crippen molar-refractivity contribution in [3.63, 3.8) is 0 Å². The molecule has 128 valence electrons. The minimum absolute atomic E-state index is 0.0975. The summed E-state index contributed by atoms with van der Waals surface area (Å²) in [4.78, 5) is 25.5. The Morgan fingerprint density at radius 3 is 2.75 bits per heavy atom. The van der Waals surface area contributed by atoms with E-state index in [2.05, 4.69) is 16.3 Å². The van der Waals surface area contributed by atoms with Crippen molar-refractivity contribution in [1.29, 1.82) is 5.26 Å². The van der Waals surface area contributed by atoms with Gasteiger partial charge in [0.15, 0.2) is 0 Å². The first-order chi connectivity index (χ1) is 11.5. The highest BCUT2D eigenvalue weighted by atomic mass is 35.5. The van der Waals surface area contributed by atoms with Crippen LogP contribution in [-0.2, 0) is 14.3 Å². The van der Waals surface area contributed by atoms with Crippen molar-refractivity contribution < 1.29 is 14.3 Å². The molecule has 7 heteroatoms. The highest BCUT2D eigenvalue weighted by molar-refractivity contribution is 6.30. The summed E-state index contributed by atoms with van der Waals surface area (Å²) in [5.41, 5.74) is 1.37. The average molecular weight is 350 g/mol. The van der Waals surface area contributed by atoms with Gasteiger partial charge in [-0.05, 0) is 38.0 Å². The average Bonchev–Trinajstić information content (AvgIpc) is 2.60. The number of carbonyl (C=O) groups is 2. The number of piperidine rings is 1. The smallest absolute Gasteiger partial charge is 0.325 e. The van der Waals surface area contributed by atoms with Gasteiger partial charge in [0.05, 0.1) is 17.9 Å². The summed E-state index contributed by atoms with van der Waals surface area (Å²) in [6.45, 7) is 3.24. The maximum absolute atomic E-state index is 12.1. The molecule has 24 heavy (non-hydrogen) atoms. The molecule has 1 fully saturated rings. The maximum atomic E-state index is 12.1. The summed E-state index contributed by atoms with van der Waals surface area (Å²) in [6.07, 6.45) is 1.32. The molecule has 1 N–H and O–H groups in total. The molecule has 0 spiro atoms. The third-order valence-corrected chi connectivity index (χ3v) is 4.23. The van der Waals surface area contributed by atoms with Crippen LogP contribution in [0.1, 0.15) is 25.3 Å². The summed E-state index contributed by atoms with van der Waals surface area (Å²) >= 11 is 6.02. The minimum Gasteiger partial charge on any atom is -0.465 e. The van der Waals surface area contributed by atoms with E-state index in [-0.39, 0.29) is 18.4 Å². The molecule has 1 amide bonds. The number of amides is 1. The number of hydrogen-bond acceptors (Lipinski definition) is 5. The Balaban J connectivity index is 1.90. The summed E-state index contributed by atoms with van der Waals surface area (Å²) in [7, 11) is 0. The Labute approximate surface area is 146 Å². The van der Waals surface area contributed by atoms with E-state index in [1.165, 1.54) is 0 Å². The van der Waals surface area contributed by atoms with Crippen LogP contribution in [0.4, 0.5) is 5.69 Å². The van der Waals surface area contributed by atoms with Gasteiger partial charge in [-0.1, -0.05) is 11.6 Å². The number of esters is 1. The van der Waals surface area contributed by atoms with Gasteiger partial charge in [0.1, 0.15) is 12.6 Å². The van der Waals surface area contributed by atoms with Crippen molar-refractivity contribution in [2.45, 2.75) is 19.8 Å². The van der Waals surface area contributed by atoms with Crippen molar-refractivity contribution >= 4 is 29.2 Å². The molecular weight excluding hydrogens is 330 g/mol. The van der Waals surface area contributed by atoms with E-state index in [9.17, 15) is 14.9 Å². The third-order valence-electron chi connectivity index (χ3n) is 4.00. The van der Waals surface area contributed by atoms with Gasteiger partial charge in [0, 0.05) is 24.0 Å². The van der Waals surface area contributed by atoms with Gasteiger partial charge in [0.2, 0.25) is 5.91 Å². The molecule has 1 heterocycles. The molecule has 0 radical (unpaired) electrons. The normalized spacial score (nSPS) is 14.8. The van der Waals surface area contributed by atoms with Crippen molar-refractivity contribution in [3.05, 3.63) is 28.8 Å². The van der Waals surface area contributed by atoms with E-state index in [0.29, 0.717) is 43.1 Å². The number of halogens is 1. The van der Waals surface area contributed by atoms with Crippen LogP contribution in [0.25, 0.3) is 0 Å². The van der Waals surface area contributed by atoms with Crippen LogP contribution >= 0.6 is 11.6 Å². The summed E-state index contributed by atoms with van der Waals surface area (Å²) < 4.78 is 4.79. The summed E-state index contributed by atoms with van der Waals surface area (Å²) in [5, 5.41) is 12.4. The molecule has 1 aromatic carbocycles. The summed E-state index contributed by atoms with van der Waals surface area (Å²) in [6, 6.07) is 7.34. The number of carbonyl (C=O) groups excluding carboxylic acids is 2. The van der Waals surface area contributed by atoms with Gasteiger partial charge < -0.3 is 15.0 Å². The number of benzene rings is 1. The second-order valence-corrected chi connectivity index (χ2v) is 5.99. The predicted molar refractivity (Wildman–Crippen MR) is 90.7 cm³/mol. The fraction of sp³-hybridized carbons (Fsp3) is 0.471. The first-order valence-electron chi connectivity index (χ1n) is 7.93. The number of hydrogen-bond donors (Lipinski definition) is 1. The number of nitriles is 1. The number of nitrogens with zero attached hydrogens (tertiary/aromatic N) is 2. The van der Waals surface area contributed by atoms with E-state index in [1.54, 1.807) is 25.1 Å². The van der Waals surface area contributed by atoms with E-state index in [1.807, 2.05) is 0 Å². The molecule has 0 aliphatic carbocycles. The van der Waals surface area contributed by atoms with Gasteiger partial charge in [-0.25, -0.2) is 0 Å². The Morgan fingerprint density at radius 1 is 1.42 bits per heavy atom. The Hall–Kier alpha value is -2.26. The van der Waals surface area contributed by atoms with E-state index in [0.717, 1.165) is 5.69 Å². The van der Waals surface area contributed by atoms with Crippen LogP contribution in [0.3, 0.4) is 0 Å². The number of nitrogens with one attached hydrogen (secondary N) is 1. The standard InChI is InChI=1S/C17H20ClN3O3/c1-2-24-16(22)11-20-17(23)12-5-7-21(8-6-12)15-9-14(18)4-3-13(15)10-19/h3-4,9,12H,2,5-8,11H2,1H3,(H,20,23). The molecule has 0 aromatic heterocycles. The summed E-state index contributed by atoms with van der Waals surface area (Å²) in [5.74, 6) is -0.699. The molecule has 1 aliphatic rings. The van der Waals surface area contributed by atoms with Crippen molar-refractivity contribution in [2.75, 3.05) is 31.1 Å². The third kappa shape index (κ3) is 4.62. The molecule has 1 saturated heterocycles. The predicted octanol–water partition coefficient (Wildman–Crippen LogP) is 2.11. The fourth-order valence-electron chi connectivity index (χ4n) is 2.76.